The number of rotatable bonds is 4. The van der Waals surface area contributed by atoms with E-state index in [0.29, 0.717) is 6.04 Å². The molecule has 1 aliphatic carbocycles. The van der Waals surface area contributed by atoms with E-state index in [2.05, 4.69) is 42.3 Å². The van der Waals surface area contributed by atoms with Crippen LogP contribution in [0.4, 0.5) is 5.82 Å². The number of likely N-dealkylation sites (N-methyl/N-ethyl adjacent to an activating group) is 1. The first-order chi connectivity index (χ1) is 12.3. The van der Waals surface area contributed by atoms with Gasteiger partial charge < -0.3 is 4.90 Å². The minimum absolute atomic E-state index is 0.536. The lowest BCUT2D eigenvalue weighted by atomic mass is 9.95. The van der Waals surface area contributed by atoms with Crippen LogP contribution < -0.4 is 4.90 Å². The fourth-order valence-corrected chi connectivity index (χ4v) is 3.85. The summed E-state index contributed by atoms with van der Waals surface area (Å²) in [6.07, 6.45) is 6.54. The molecule has 25 heavy (non-hydrogen) atoms. The summed E-state index contributed by atoms with van der Waals surface area (Å²) < 4.78 is 1.72. The maximum atomic E-state index is 4.57. The van der Waals surface area contributed by atoms with Crippen LogP contribution in [0.25, 0.3) is 5.65 Å². The number of aromatic amines is 1. The average molecular weight is 338 g/mol. The normalized spacial score (nSPS) is 17.9. The zero-order valence-corrected chi connectivity index (χ0v) is 14.4. The van der Waals surface area contributed by atoms with Gasteiger partial charge >= 0.3 is 0 Å². The molecule has 4 heterocycles. The van der Waals surface area contributed by atoms with Gasteiger partial charge in [0.05, 0.1) is 5.69 Å². The molecule has 2 aliphatic rings. The molecule has 0 unspecified atom stereocenters. The van der Waals surface area contributed by atoms with E-state index in [0.717, 1.165) is 37.5 Å². The fraction of sp³-hybridized carbons (Fsp3) is 0.529. The third-order valence-corrected chi connectivity index (χ3v) is 5.50. The van der Waals surface area contributed by atoms with Crippen molar-refractivity contribution in [3.8, 4) is 0 Å². The van der Waals surface area contributed by atoms with E-state index >= 15 is 0 Å². The number of aryl methyl sites for hydroxylation is 1. The Bertz CT molecular complexity index is 891. The van der Waals surface area contributed by atoms with Crippen molar-refractivity contribution in [1.82, 2.24) is 34.9 Å². The summed E-state index contributed by atoms with van der Waals surface area (Å²) in [7, 11) is 2.20. The van der Waals surface area contributed by atoms with Crippen molar-refractivity contribution in [2.45, 2.75) is 38.3 Å². The van der Waals surface area contributed by atoms with Crippen LogP contribution >= 0.6 is 0 Å². The van der Waals surface area contributed by atoms with Gasteiger partial charge in [-0.25, -0.2) is 0 Å². The molecular formula is C17H22N8. The third kappa shape index (κ3) is 2.57. The Morgan fingerprint density at radius 2 is 2.12 bits per heavy atom. The van der Waals surface area contributed by atoms with Gasteiger partial charge in [-0.1, -0.05) is 0 Å². The number of hydrogen-bond donors (Lipinski definition) is 1. The van der Waals surface area contributed by atoms with Crippen LogP contribution in [-0.4, -0.2) is 61.1 Å². The minimum Gasteiger partial charge on any atom is -0.352 e. The van der Waals surface area contributed by atoms with E-state index in [1.165, 1.54) is 36.2 Å². The summed E-state index contributed by atoms with van der Waals surface area (Å²) in [4.78, 5) is 4.71. The molecule has 1 saturated heterocycles. The first-order valence-electron chi connectivity index (χ1n) is 8.95. The van der Waals surface area contributed by atoms with Crippen molar-refractivity contribution < 1.29 is 0 Å². The van der Waals surface area contributed by atoms with Gasteiger partial charge in [0.15, 0.2) is 5.65 Å². The van der Waals surface area contributed by atoms with E-state index in [1.54, 1.807) is 10.8 Å². The van der Waals surface area contributed by atoms with Crippen molar-refractivity contribution in [2.75, 3.05) is 25.0 Å². The molecule has 0 amide bonds. The molecule has 8 nitrogen and oxygen atoms in total. The monoisotopic (exact) mass is 338 g/mol. The Labute approximate surface area is 145 Å². The second kappa shape index (κ2) is 5.80. The lowest BCUT2D eigenvalue weighted by Crippen LogP contribution is -2.58. The number of hydrogen-bond acceptors (Lipinski definition) is 6. The smallest absolute Gasteiger partial charge is 0.177 e. The Hall–Kier alpha value is -2.48. The number of H-pyrrole nitrogens is 1. The topological polar surface area (TPSA) is 78.2 Å². The molecule has 0 radical (unpaired) electrons. The molecule has 0 bridgehead atoms. The van der Waals surface area contributed by atoms with Gasteiger partial charge in [-0.15, -0.1) is 15.3 Å². The maximum Gasteiger partial charge on any atom is 0.177 e. The molecule has 1 aliphatic heterocycles. The van der Waals surface area contributed by atoms with Crippen molar-refractivity contribution in [3.63, 3.8) is 0 Å². The second-order valence-corrected chi connectivity index (χ2v) is 7.13. The van der Waals surface area contributed by atoms with Gasteiger partial charge in [0, 0.05) is 31.4 Å². The first kappa shape index (κ1) is 14.8. The molecule has 1 N–H and O–H groups in total. The zero-order chi connectivity index (χ0) is 16.8. The Morgan fingerprint density at radius 1 is 1.24 bits per heavy atom. The van der Waals surface area contributed by atoms with Crippen molar-refractivity contribution in [3.05, 3.63) is 35.4 Å². The Morgan fingerprint density at radius 3 is 3.04 bits per heavy atom. The molecule has 3 aromatic rings. The molecule has 0 atom stereocenters. The van der Waals surface area contributed by atoms with Crippen LogP contribution in [-0.2, 0) is 19.4 Å². The summed E-state index contributed by atoms with van der Waals surface area (Å²) in [5.74, 6) is 0.981. The highest BCUT2D eigenvalue weighted by molar-refractivity contribution is 5.47. The van der Waals surface area contributed by atoms with Gasteiger partial charge in [0.25, 0.3) is 0 Å². The molecule has 0 aromatic carbocycles. The summed E-state index contributed by atoms with van der Waals surface area (Å²) in [6.45, 7) is 2.90. The minimum atomic E-state index is 0.536. The lowest BCUT2D eigenvalue weighted by Gasteiger charge is -2.44. The first-order valence-corrected chi connectivity index (χ1v) is 8.95. The molecule has 130 valence electrons. The predicted molar refractivity (Wildman–Crippen MR) is 93.5 cm³/mol. The van der Waals surface area contributed by atoms with E-state index < -0.39 is 0 Å². The summed E-state index contributed by atoms with van der Waals surface area (Å²) >= 11 is 0. The van der Waals surface area contributed by atoms with E-state index in [1.807, 2.05) is 12.1 Å². The van der Waals surface area contributed by atoms with Crippen LogP contribution in [0.2, 0.25) is 0 Å². The summed E-state index contributed by atoms with van der Waals surface area (Å²) in [6, 6.07) is 4.52. The van der Waals surface area contributed by atoms with Gasteiger partial charge in [0.1, 0.15) is 12.1 Å². The van der Waals surface area contributed by atoms with Gasteiger partial charge in [-0.3, -0.25) is 10.00 Å². The number of nitrogens with zero attached hydrogens (tertiary/aromatic N) is 7. The van der Waals surface area contributed by atoms with Crippen molar-refractivity contribution >= 4 is 11.5 Å². The standard InChI is InChI=1S/C17H22N8/c1-23(10-15-13-4-2-3-5-14(13)19-20-15)12-8-24(9-12)17-7-6-16-21-18-11-25(16)22-17/h6-7,11-12H,2-5,8-10H2,1H3,(H,19,20). The molecule has 1 fully saturated rings. The molecule has 0 saturated carbocycles. The van der Waals surface area contributed by atoms with Crippen LogP contribution in [0.1, 0.15) is 29.8 Å². The average Bonchev–Trinajstić information content (AvgIpc) is 3.20. The van der Waals surface area contributed by atoms with Crippen molar-refractivity contribution in [2.24, 2.45) is 0 Å². The highest BCUT2D eigenvalue weighted by Crippen LogP contribution is 2.25. The molecule has 3 aromatic heterocycles. The number of aromatic nitrogens is 6. The Balaban J connectivity index is 1.23. The maximum absolute atomic E-state index is 4.57. The van der Waals surface area contributed by atoms with E-state index in [4.69, 9.17) is 0 Å². The molecule has 8 heteroatoms. The van der Waals surface area contributed by atoms with E-state index in [9.17, 15) is 0 Å². The third-order valence-electron chi connectivity index (χ3n) is 5.50. The van der Waals surface area contributed by atoms with Crippen molar-refractivity contribution in [1.29, 1.82) is 0 Å². The van der Waals surface area contributed by atoms with Crippen LogP contribution in [0.3, 0.4) is 0 Å². The largest absolute Gasteiger partial charge is 0.352 e. The van der Waals surface area contributed by atoms with E-state index in [-0.39, 0.29) is 0 Å². The van der Waals surface area contributed by atoms with Gasteiger partial charge in [0.2, 0.25) is 0 Å². The lowest BCUT2D eigenvalue weighted by molar-refractivity contribution is 0.194. The second-order valence-electron chi connectivity index (χ2n) is 7.13. The number of nitrogens with one attached hydrogen (secondary N) is 1. The molecule has 0 spiro atoms. The fourth-order valence-electron chi connectivity index (χ4n) is 3.85. The molecular weight excluding hydrogens is 316 g/mol. The predicted octanol–water partition coefficient (Wildman–Crippen LogP) is 1.05. The SMILES string of the molecule is CN(Cc1n[nH]c2c1CCCC2)C1CN(c2ccc3nncn3n2)C1. The summed E-state index contributed by atoms with van der Waals surface area (Å²) in [5.41, 5.74) is 4.84. The molecule has 5 rings (SSSR count). The van der Waals surface area contributed by atoms with Crippen LogP contribution in [0.15, 0.2) is 18.5 Å². The number of fused-ring (bicyclic) bond motifs is 2. The van der Waals surface area contributed by atoms with Crippen LogP contribution in [0.5, 0.6) is 0 Å². The highest BCUT2D eigenvalue weighted by Gasteiger charge is 2.32. The van der Waals surface area contributed by atoms with Gasteiger partial charge in [-0.2, -0.15) is 9.61 Å². The quantitative estimate of drug-likeness (QED) is 0.766. The van der Waals surface area contributed by atoms with Crippen LogP contribution in [0, 0.1) is 0 Å². The zero-order valence-electron chi connectivity index (χ0n) is 14.4. The van der Waals surface area contributed by atoms with Gasteiger partial charge in [-0.05, 0) is 50.4 Å². The highest BCUT2D eigenvalue weighted by atomic mass is 15.4. The Kier molecular flexibility index (Phi) is 3.44. The summed E-state index contributed by atoms with van der Waals surface area (Å²) in [5, 5.41) is 20.3. The number of anilines is 1.